The van der Waals surface area contributed by atoms with Crippen molar-refractivity contribution in [3.63, 3.8) is 0 Å². The van der Waals surface area contributed by atoms with Gasteiger partial charge in [-0.15, -0.1) is 0 Å². The van der Waals surface area contributed by atoms with Gasteiger partial charge in [0.15, 0.2) is 0 Å². The van der Waals surface area contributed by atoms with Gasteiger partial charge in [0, 0.05) is 11.6 Å². The van der Waals surface area contributed by atoms with Crippen LogP contribution in [0.1, 0.15) is 30.1 Å². The van der Waals surface area contributed by atoms with Crippen LogP contribution in [0.25, 0.3) is 0 Å². The molecule has 4 nitrogen and oxygen atoms in total. The van der Waals surface area contributed by atoms with E-state index in [0.29, 0.717) is 17.2 Å². The van der Waals surface area contributed by atoms with Crippen LogP contribution in [-0.2, 0) is 20.6 Å². The van der Waals surface area contributed by atoms with E-state index in [2.05, 4.69) is 0 Å². The smallest absolute Gasteiger partial charge is 0.748 e. The van der Waals surface area contributed by atoms with E-state index in [9.17, 15) is 13.0 Å². The SMILES string of the molecule is O=S(=O)([O-])Cc1cc(Cl)ccc1C1CCCO1.[Na+]. The summed E-state index contributed by atoms with van der Waals surface area (Å²) < 4.78 is 38.0. The number of ether oxygens (including phenoxy) is 1. The van der Waals surface area contributed by atoms with E-state index in [1.165, 1.54) is 6.07 Å². The van der Waals surface area contributed by atoms with E-state index >= 15 is 0 Å². The van der Waals surface area contributed by atoms with Crippen molar-refractivity contribution >= 4 is 21.7 Å². The molecule has 1 atom stereocenters. The summed E-state index contributed by atoms with van der Waals surface area (Å²) in [5.74, 6) is -0.539. The molecule has 0 aromatic heterocycles. The molecule has 18 heavy (non-hydrogen) atoms. The fourth-order valence-electron chi connectivity index (χ4n) is 2.03. The van der Waals surface area contributed by atoms with Crippen molar-refractivity contribution in [3.8, 4) is 0 Å². The van der Waals surface area contributed by atoms with Crippen molar-refractivity contribution in [2.75, 3.05) is 6.61 Å². The van der Waals surface area contributed by atoms with Gasteiger partial charge in [-0.05, 0) is 36.1 Å². The number of benzene rings is 1. The third kappa shape index (κ3) is 4.49. The third-order valence-corrected chi connectivity index (χ3v) is 3.61. The summed E-state index contributed by atoms with van der Waals surface area (Å²) in [6.45, 7) is 0.664. The Morgan fingerprint density at radius 3 is 2.72 bits per heavy atom. The Kier molecular flexibility index (Phi) is 6.12. The summed E-state index contributed by atoms with van der Waals surface area (Å²) in [5.41, 5.74) is 1.20. The zero-order valence-electron chi connectivity index (χ0n) is 10.1. The Hall–Kier alpha value is 0.380. The van der Waals surface area contributed by atoms with Gasteiger partial charge in [0.2, 0.25) is 0 Å². The second kappa shape index (κ2) is 6.70. The zero-order chi connectivity index (χ0) is 12.5. The Morgan fingerprint density at radius 1 is 1.44 bits per heavy atom. The summed E-state index contributed by atoms with van der Waals surface area (Å²) in [4.78, 5) is 0. The van der Waals surface area contributed by atoms with Crippen LogP contribution in [0, 0.1) is 0 Å². The molecule has 7 heteroatoms. The number of hydrogen-bond acceptors (Lipinski definition) is 4. The van der Waals surface area contributed by atoms with Crippen LogP contribution < -0.4 is 29.6 Å². The molecule has 0 spiro atoms. The zero-order valence-corrected chi connectivity index (χ0v) is 13.6. The maximum atomic E-state index is 10.8. The van der Waals surface area contributed by atoms with E-state index in [0.717, 1.165) is 18.4 Å². The van der Waals surface area contributed by atoms with E-state index in [1.807, 2.05) is 0 Å². The molecule has 1 aliphatic rings. The maximum absolute atomic E-state index is 10.8. The first-order valence-electron chi connectivity index (χ1n) is 5.29. The van der Waals surface area contributed by atoms with Crippen molar-refractivity contribution in [1.82, 2.24) is 0 Å². The van der Waals surface area contributed by atoms with E-state index < -0.39 is 15.9 Å². The van der Waals surface area contributed by atoms with Crippen LogP contribution in [0.3, 0.4) is 0 Å². The molecule has 1 heterocycles. The van der Waals surface area contributed by atoms with E-state index in [1.54, 1.807) is 12.1 Å². The van der Waals surface area contributed by atoms with Crippen molar-refractivity contribution < 1.29 is 47.3 Å². The predicted octanol–water partition coefficient (Wildman–Crippen LogP) is -0.759. The molecule has 1 aliphatic heterocycles. The minimum atomic E-state index is -4.31. The molecule has 2 rings (SSSR count). The second-order valence-corrected chi connectivity index (χ2v) is 5.89. The normalized spacial score (nSPS) is 19.6. The molecular formula is C11H12ClNaO4S. The Labute approximate surface area is 134 Å². The van der Waals surface area contributed by atoms with Gasteiger partial charge in [0.1, 0.15) is 0 Å². The van der Waals surface area contributed by atoms with Crippen LogP contribution in [0.4, 0.5) is 0 Å². The van der Waals surface area contributed by atoms with Crippen molar-refractivity contribution in [2.45, 2.75) is 24.7 Å². The first kappa shape index (κ1) is 16.4. The minimum Gasteiger partial charge on any atom is -0.748 e. The molecule has 1 aromatic rings. The van der Waals surface area contributed by atoms with Crippen molar-refractivity contribution in [3.05, 3.63) is 34.3 Å². The topological polar surface area (TPSA) is 66.4 Å². The van der Waals surface area contributed by atoms with Gasteiger partial charge in [-0.3, -0.25) is 0 Å². The quantitative estimate of drug-likeness (QED) is 0.543. The second-order valence-electron chi connectivity index (χ2n) is 4.05. The van der Waals surface area contributed by atoms with Crippen LogP contribution >= 0.6 is 11.6 Å². The van der Waals surface area contributed by atoms with Gasteiger partial charge >= 0.3 is 29.6 Å². The number of halogens is 1. The molecule has 0 amide bonds. The van der Waals surface area contributed by atoms with Gasteiger partial charge in [-0.1, -0.05) is 17.7 Å². The molecule has 0 aliphatic carbocycles. The Balaban J connectivity index is 0.00000162. The Morgan fingerprint density at radius 2 is 2.17 bits per heavy atom. The fourth-order valence-corrected chi connectivity index (χ4v) is 2.85. The average molecular weight is 299 g/mol. The molecule has 94 valence electrons. The maximum Gasteiger partial charge on any atom is 1.00 e. The standard InChI is InChI=1S/C11H13ClO4S.Na/c12-9-3-4-10(11-2-1-5-16-11)8(6-9)7-17(13,14)15;/h3-4,6,11H,1-2,5,7H2,(H,13,14,15);/q;+1/p-1. The fraction of sp³-hybridized carbons (Fsp3) is 0.455. The predicted molar refractivity (Wildman–Crippen MR) is 62.8 cm³/mol. The van der Waals surface area contributed by atoms with Crippen LogP contribution in [-0.4, -0.2) is 19.6 Å². The molecule has 0 saturated carbocycles. The molecule has 0 bridgehead atoms. The van der Waals surface area contributed by atoms with Crippen LogP contribution in [0.15, 0.2) is 18.2 Å². The molecule has 1 saturated heterocycles. The molecule has 1 fully saturated rings. The number of hydrogen-bond donors (Lipinski definition) is 0. The van der Waals surface area contributed by atoms with E-state index in [-0.39, 0.29) is 35.7 Å². The molecule has 1 aromatic carbocycles. The molecule has 0 N–H and O–H groups in total. The van der Waals surface area contributed by atoms with Gasteiger partial charge in [-0.25, -0.2) is 8.42 Å². The average Bonchev–Trinajstić information content (AvgIpc) is 2.68. The summed E-state index contributed by atoms with van der Waals surface area (Å²) in [5, 5.41) is 0.422. The van der Waals surface area contributed by atoms with Gasteiger partial charge in [0.25, 0.3) is 0 Å². The van der Waals surface area contributed by atoms with Gasteiger partial charge in [-0.2, -0.15) is 0 Å². The molecule has 0 radical (unpaired) electrons. The van der Waals surface area contributed by atoms with Crippen LogP contribution in [0.2, 0.25) is 5.02 Å². The first-order valence-corrected chi connectivity index (χ1v) is 7.25. The third-order valence-electron chi connectivity index (χ3n) is 2.71. The molecular weight excluding hydrogens is 287 g/mol. The summed E-state index contributed by atoms with van der Waals surface area (Å²) in [6.07, 6.45) is 1.66. The largest absolute Gasteiger partial charge is 1.00 e. The number of rotatable bonds is 3. The summed E-state index contributed by atoms with van der Waals surface area (Å²) >= 11 is 5.81. The molecule has 1 unspecified atom stereocenters. The monoisotopic (exact) mass is 298 g/mol. The van der Waals surface area contributed by atoms with Crippen molar-refractivity contribution in [1.29, 1.82) is 0 Å². The summed E-state index contributed by atoms with van der Waals surface area (Å²) in [6, 6.07) is 4.94. The first-order chi connectivity index (χ1) is 7.96. The van der Waals surface area contributed by atoms with Crippen LogP contribution in [0.5, 0.6) is 0 Å². The minimum absolute atomic E-state index is 0. The van der Waals surface area contributed by atoms with Crippen molar-refractivity contribution in [2.24, 2.45) is 0 Å². The van der Waals surface area contributed by atoms with Gasteiger partial charge in [0.05, 0.1) is 22.0 Å². The summed E-state index contributed by atoms with van der Waals surface area (Å²) in [7, 11) is -4.31. The Bertz CT molecular complexity index is 512. The van der Waals surface area contributed by atoms with Gasteiger partial charge < -0.3 is 9.29 Å². The van der Waals surface area contributed by atoms with E-state index in [4.69, 9.17) is 16.3 Å².